The molecule has 0 saturated carbocycles. The number of carbonyl (C=O) groups is 3. The van der Waals surface area contributed by atoms with E-state index in [-0.39, 0.29) is 33.7 Å². The molecular weight excluding hydrogens is 453 g/mol. The second-order valence-electron chi connectivity index (χ2n) is 6.11. The molecule has 10 nitrogen and oxygen atoms in total. The number of barbiturate groups is 1. The molecule has 0 bridgehead atoms. The topological polar surface area (TPSA) is 142 Å². The number of nitro groups is 1. The van der Waals surface area contributed by atoms with Gasteiger partial charge in [0.05, 0.1) is 27.3 Å². The zero-order valence-electron chi connectivity index (χ0n) is 15.7. The van der Waals surface area contributed by atoms with Gasteiger partial charge in [-0.05, 0) is 42.8 Å². The van der Waals surface area contributed by atoms with Crippen LogP contribution in [0.2, 0.25) is 10.0 Å². The molecule has 1 heterocycles. The molecule has 31 heavy (non-hydrogen) atoms. The summed E-state index contributed by atoms with van der Waals surface area (Å²) in [5, 5.41) is 25.6. The van der Waals surface area contributed by atoms with Gasteiger partial charge in [-0.3, -0.25) is 25.0 Å². The van der Waals surface area contributed by atoms with Crippen LogP contribution < -0.4 is 20.1 Å². The van der Waals surface area contributed by atoms with Crippen molar-refractivity contribution in [3.8, 4) is 11.5 Å². The van der Waals surface area contributed by atoms with E-state index in [1.54, 1.807) is 6.92 Å². The minimum Gasteiger partial charge on any atom is -0.865 e. The number of ether oxygens (including phenoxy) is 1. The van der Waals surface area contributed by atoms with Gasteiger partial charge in [-0.2, -0.15) is 0 Å². The first kappa shape index (κ1) is 22.1. The molecule has 2 aromatic rings. The smallest absolute Gasteiger partial charge is 0.335 e. The Balaban J connectivity index is 2.09. The molecular formula is C19H12Cl2N3O7-. The number of nitro benzene ring substituents is 1. The third-order valence-corrected chi connectivity index (χ3v) is 4.87. The predicted molar refractivity (Wildman–Crippen MR) is 109 cm³/mol. The second-order valence-corrected chi connectivity index (χ2v) is 6.93. The number of imide groups is 2. The Labute approximate surface area is 184 Å². The van der Waals surface area contributed by atoms with Crippen LogP contribution >= 0.6 is 23.2 Å². The van der Waals surface area contributed by atoms with Crippen LogP contribution in [0, 0.1) is 10.1 Å². The van der Waals surface area contributed by atoms with Crippen molar-refractivity contribution in [2.75, 3.05) is 11.5 Å². The molecule has 3 rings (SSSR count). The molecule has 0 atom stereocenters. The first-order valence-corrected chi connectivity index (χ1v) is 9.38. The van der Waals surface area contributed by atoms with Gasteiger partial charge in [0.1, 0.15) is 11.3 Å². The maximum absolute atomic E-state index is 12.9. The van der Waals surface area contributed by atoms with E-state index in [0.29, 0.717) is 4.90 Å². The van der Waals surface area contributed by atoms with Crippen molar-refractivity contribution in [3.05, 3.63) is 61.6 Å². The quantitative estimate of drug-likeness (QED) is 0.310. The summed E-state index contributed by atoms with van der Waals surface area (Å²) in [6, 6.07) is 5.03. The minimum absolute atomic E-state index is 0.0170. The Kier molecular flexibility index (Phi) is 6.14. The first-order valence-electron chi connectivity index (χ1n) is 8.62. The number of benzene rings is 2. The summed E-state index contributed by atoms with van der Waals surface area (Å²) in [6.45, 7) is 1.64. The third-order valence-electron chi connectivity index (χ3n) is 4.13. The molecule has 1 fully saturated rings. The van der Waals surface area contributed by atoms with E-state index in [0.717, 1.165) is 18.2 Å². The van der Waals surface area contributed by atoms with E-state index < -0.39 is 39.8 Å². The average molecular weight is 465 g/mol. The molecule has 0 radical (unpaired) electrons. The fourth-order valence-corrected chi connectivity index (χ4v) is 3.06. The van der Waals surface area contributed by atoms with Gasteiger partial charge >= 0.3 is 6.03 Å². The van der Waals surface area contributed by atoms with E-state index >= 15 is 0 Å². The number of urea groups is 1. The van der Waals surface area contributed by atoms with Crippen LogP contribution in [0.4, 0.5) is 16.2 Å². The Morgan fingerprint density at radius 3 is 2.48 bits per heavy atom. The van der Waals surface area contributed by atoms with Crippen LogP contribution in [0.3, 0.4) is 0 Å². The van der Waals surface area contributed by atoms with Gasteiger partial charge < -0.3 is 9.84 Å². The average Bonchev–Trinajstić information content (AvgIpc) is 2.69. The van der Waals surface area contributed by atoms with Crippen LogP contribution in [-0.4, -0.2) is 29.4 Å². The zero-order valence-corrected chi connectivity index (χ0v) is 17.2. The molecule has 2 aromatic carbocycles. The van der Waals surface area contributed by atoms with E-state index in [4.69, 9.17) is 27.9 Å². The lowest BCUT2D eigenvalue weighted by Gasteiger charge is -2.26. The highest BCUT2D eigenvalue weighted by Gasteiger charge is 2.37. The molecule has 0 unspecified atom stereocenters. The number of halogens is 2. The number of hydrogen-bond donors (Lipinski definition) is 1. The summed E-state index contributed by atoms with van der Waals surface area (Å²) in [4.78, 5) is 48.4. The van der Waals surface area contributed by atoms with Crippen molar-refractivity contribution in [3.63, 3.8) is 0 Å². The van der Waals surface area contributed by atoms with Gasteiger partial charge in [0.25, 0.3) is 17.5 Å². The van der Waals surface area contributed by atoms with Gasteiger partial charge in [-0.25, -0.2) is 9.69 Å². The van der Waals surface area contributed by atoms with Crippen molar-refractivity contribution >= 4 is 58.5 Å². The van der Waals surface area contributed by atoms with E-state index in [2.05, 4.69) is 0 Å². The maximum atomic E-state index is 12.9. The standard InChI is InChI=1S/C19H13Cl2N3O7/c1-2-31-15-7-9(6-14(16(15)25)24(29)30)5-11-17(26)22-19(28)23(18(11)27)10-3-4-12(20)13(21)8-10/h3-8,25H,2H2,1H3,(H,22,26,28)/p-1/b11-5+. The zero-order chi connectivity index (χ0) is 22.9. The lowest BCUT2D eigenvalue weighted by Crippen LogP contribution is -2.54. The SMILES string of the molecule is CCOc1cc(/C=C2\C(=O)NC(=O)N(c3ccc(Cl)c(Cl)c3)C2=O)cc([N+](=O)[O-])c1[O-]. The molecule has 0 spiro atoms. The number of anilines is 1. The third kappa shape index (κ3) is 4.30. The Bertz CT molecular complexity index is 1160. The van der Waals surface area contributed by atoms with E-state index in [9.17, 15) is 29.6 Å². The van der Waals surface area contributed by atoms with Crippen LogP contribution in [-0.2, 0) is 9.59 Å². The summed E-state index contributed by atoms with van der Waals surface area (Å²) < 4.78 is 5.12. The molecule has 1 N–H and O–H groups in total. The summed E-state index contributed by atoms with van der Waals surface area (Å²) in [5.74, 6) is -3.28. The Morgan fingerprint density at radius 2 is 1.87 bits per heavy atom. The highest BCUT2D eigenvalue weighted by atomic mass is 35.5. The molecule has 160 valence electrons. The summed E-state index contributed by atoms with van der Waals surface area (Å²) >= 11 is 11.8. The van der Waals surface area contributed by atoms with Gasteiger partial charge in [0.15, 0.2) is 0 Å². The Morgan fingerprint density at radius 1 is 1.16 bits per heavy atom. The van der Waals surface area contributed by atoms with Crippen molar-refractivity contribution in [2.45, 2.75) is 6.92 Å². The van der Waals surface area contributed by atoms with Crippen molar-refractivity contribution in [1.82, 2.24) is 5.32 Å². The lowest BCUT2D eigenvalue weighted by molar-refractivity contribution is -0.398. The highest BCUT2D eigenvalue weighted by molar-refractivity contribution is 6.43. The molecule has 1 aliphatic rings. The molecule has 0 aromatic heterocycles. The van der Waals surface area contributed by atoms with Crippen molar-refractivity contribution in [2.24, 2.45) is 0 Å². The number of rotatable bonds is 5. The summed E-state index contributed by atoms with van der Waals surface area (Å²) in [5.41, 5.74) is -1.26. The van der Waals surface area contributed by atoms with Crippen LogP contribution in [0.1, 0.15) is 12.5 Å². The second kappa shape index (κ2) is 8.62. The van der Waals surface area contributed by atoms with Crippen molar-refractivity contribution < 1.29 is 29.2 Å². The minimum atomic E-state index is -1.02. The fourth-order valence-electron chi connectivity index (χ4n) is 2.77. The summed E-state index contributed by atoms with van der Waals surface area (Å²) in [7, 11) is 0. The first-order chi connectivity index (χ1) is 14.6. The van der Waals surface area contributed by atoms with Gasteiger partial charge in [0.2, 0.25) is 0 Å². The predicted octanol–water partition coefficient (Wildman–Crippen LogP) is 3.04. The molecule has 12 heteroatoms. The van der Waals surface area contributed by atoms with Gasteiger partial charge in [-0.1, -0.05) is 23.2 Å². The van der Waals surface area contributed by atoms with Crippen LogP contribution in [0.25, 0.3) is 6.08 Å². The monoisotopic (exact) mass is 464 g/mol. The molecule has 4 amide bonds. The van der Waals surface area contributed by atoms with Gasteiger partial charge in [-0.15, -0.1) is 0 Å². The molecule has 1 saturated heterocycles. The molecule has 1 aliphatic heterocycles. The normalized spacial score (nSPS) is 15.3. The van der Waals surface area contributed by atoms with Crippen molar-refractivity contribution in [1.29, 1.82) is 0 Å². The van der Waals surface area contributed by atoms with Crippen LogP contribution in [0.15, 0.2) is 35.9 Å². The van der Waals surface area contributed by atoms with Gasteiger partial charge in [0, 0.05) is 11.8 Å². The maximum Gasteiger partial charge on any atom is 0.335 e. The fraction of sp³-hybridized carbons (Fsp3) is 0.105. The van der Waals surface area contributed by atoms with E-state index in [1.165, 1.54) is 18.2 Å². The number of hydrogen-bond acceptors (Lipinski definition) is 7. The van der Waals surface area contributed by atoms with E-state index in [1.807, 2.05) is 5.32 Å². The lowest BCUT2D eigenvalue weighted by atomic mass is 10.1. The number of amides is 4. The largest absolute Gasteiger partial charge is 0.865 e. The Hall–Kier alpha value is -3.63. The highest BCUT2D eigenvalue weighted by Crippen LogP contribution is 2.36. The number of carbonyl (C=O) groups excluding carboxylic acids is 3. The number of nitrogens with one attached hydrogen (secondary N) is 1. The molecule has 0 aliphatic carbocycles. The number of nitrogens with zero attached hydrogens (tertiary/aromatic N) is 2. The van der Waals surface area contributed by atoms with Crippen LogP contribution in [0.5, 0.6) is 11.5 Å². The summed E-state index contributed by atoms with van der Waals surface area (Å²) in [6.07, 6.45) is 1.02.